The van der Waals surface area contributed by atoms with Gasteiger partial charge in [-0.15, -0.1) is 0 Å². The SMILES string of the molecule is CC[C@@H](NC(=O)c1ccc(COC)o1)c1ccc(S(C)(=O)=O)cc1. The second-order valence-corrected chi connectivity index (χ2v) is 7.49. The van der Waals surface area contributed by atoms with Gasteiger partial charge in [-0.2, -0.15) is 0 Å². The van der Waals surface area contributed by atoms with E-state index in [1.807, 2.05) is 6.92 Å². The summed E-state index contributed by atoms with van der Waals surface area (Å²) in [6.45, 7) is 2.24. The van der Waals surface area contributed by atoms with Crippen LogP contribution >= 0.6 is 0 Å². The molecule has 0 aliphatic rings. The van der Waals surface area contributed by atoms with Gasteiger partial charge in [-0.1, -0.05) is 19.1 Å². The summed E-state index contributed by atoms with van der Waals surface area (Å²) < 4.78 is 33.4. The van der Waals surface area contributed by atoms with Crippen LogP contribution < -0.4 is 5.32 Å². The fourth-order valence-electron chi connectivity index (χ4n) is 2.32. The van der Waals surface area contributed by atoms with Crippen molar-refractivity contribution in [1.29, 1.82) is 0 Å². The number of sulfone groups is 1. The minimum absolute atomic E-state index is 0.216. The summed E-state index contributed by atoms with van der Waals surface area (Å²) >= 11 is 0. The number of hydrogen-bond donors (Lipinski definition) is 1. The molecule has 0 aliphatic heterocycles. The molecule has 0 saturated carbocycles. The summed E-state index contributed by atoms with van der Waals surface area (Å²) in [6, 6.07) is 9.57. The van der Waals surface area contributed by atoms with Crippen molar-refractivity contribution >= 4 is 15.7 Å². The molecule has 130 valence electrons. The maximum Gasteiger partial charge on any atom is 0.287 e. The zero-order valence-electron chi connectivity index (χ0n) is 13.9. The maximum atomic E-state index is 12.3. The molecule has 0 aliphatic carbocycles. The number of carbonyl (C=O) groups is 1. The lowest BCUT2D eigenvalue weighted by Gasteiger charge is -2.17. The number of ether oxygens (including phenoxy) is 1. The normalized spacial score (nSPS) is 12.8. The van der Waals surface area contributed by atoms with Crippen molar-refractivity contribution in [3.63, 3.8) is 0 Å². The quantitative estimate of drug-likeness (QED) is 0.829. The molecule has 2 rings (SSSR count). The first kappa shape index (κ1) is 18.2. The lowest BCUT2D eigenvalue weighted by atomic mass is 10.0. The van der Waals surface area contributed by atoms with Crippen LogP contribution in [0, 0.1) is 0 Å². The minimum Gasteiger partial charge on any atom is -0.453 e. The molecule has 0 bridgehead atoms. The maximum absolute atomic E-state index is 12.3. The van der Waals surface area contributed by atoms with Crippen LogP contribution in [0.15, 0.2) is 45.7 Å². The highest BCUT2D eigenvalue weighted by atomic mass is 32.2. The Bertz CT molecular complexity index is 793. The number of methoxy groups -OCH3 is 1. The third kappa shape index (κ3) is 4.46. The van der Waals surface area contributed by atoms with Gasteiger partial charge >= 0.3 is 0 Å². The molecule has 1 N–H and O–H groups in total. The van der Waals surface area contributed by atoms with Crippen LogP contribution in [-0.4, -0.2) is 27.7 Å². The molecule has 1 amide bonds. The molecule has 24 heavy (non-hydrogen) atoms. The van der Waals surface area contributed by atoms with Crippen molar-refractivity contribution < 1.29 is 22.4 Å². The summed E-state index contributed by atoms with van der Waals surface area (Å²) in [4.78, 5) is 12.5. The van der Waals surface area contributed by atoms with E-state index in [9.17, 15) is 13.2 Å². The zero-order chi connectivity index (χ0) is 17.7. The Morgan fingerprint density at radius 2 is 1.88 bits per heavy atom. The number of nitrogens with one attached hydrogen (secondary N) is 1. The third-order valence-corrected chi connectivity index (χ3v) is 4.72. The Balaban J connectivity index is 2.12. The third-order valence-electron chi connectivity index (χ3n) is 3.60. The Morgan fingerprint density at radius 3 is 2.42 bits per heavy atom. The number of benzene rings is 1. The molecule has 1 atom stereocenters. The van der Waals surface area contributed by atoms with Crippen molar-refractivity contribution in [3.05, 3.63) is 53.5 Å². The molecule has 0 saturated heterocycles. The second kappa shape index (κ2) is 7.63. The first-order chi connectivity index (χ1) is 11.3. The molecule has 1 heterocycles. The zero-order valence-corrected chi connectivity index (χ0v) is 14.7. The minimum atomic E-state index is -3.23. The second-order valence-electron chi connectivity index (χ2n) is 5.47. The topological polar surface area (TPSA) is 85.6 Å². The molecule has 1 aromatic carbocycles. The van der Waals surface area contributed by atoms with Gasteiger partial charge in [-0.05, 0) is 36.2 Å². The van der Waals surface area contributed by atoms with Gasteiger partial charge in [-0.3, -0.25) is 4.79 Å². The van der Waals surface area contributed by atoms with Crippen molar-refractivity contribution in [2.24, 2.45) is 0 Å². The Hall–Kier alpha value is -2.12. The fraction of sp³-hybridized carbons (Fsp3) is 0.353. The largest absolute Gasteiger partial charge is 0.453 e. The van der Waals surface area contributed by atoms with E-state index in [0.717, 1.165) is 11.8 Å². The summed E-state index contributed by atoms with van der Waals surface area (Å²) in [5, 5.41) is 2.89. The lowest BCUT2D eigenvalue weighted by molar-refractivity contribution is 0.0899. The summed E-state index contributed by atoms with van der Waals surface area (Å²) in [7, 11) is -1.68. The molecule has 0 radical (unpaired) electrons. The van der Waals surface area contributed by atoms with E-state index in [-0.39, 0.29) is 22.6 Å². The fourth-order valence-corrected chi connectivity index (χ4v) is 2.95. The Kier molecular flexibility index (Phi) is 5.80. The molecule has 0 fully saturated rings. The van der Waals surface area contributed by atoms with Crippen molar-refractivity contribution in [2.75, 3.05) is 13.4 Å². The summed E-state index contributed by atoms with van der Waals surface area (Å²) in [5.41, 5.74) is 0.835. The number of carbonyl (C=O) groups excluding carboxylic acids is 1. The van der Waals surface area contributed by atoms with Gasteiger partial charge in [0.2, 0.25) is 0 Å². The summed E-state index contributed by atoms with van der Waals surface area (Å²) in [5.74, 6) is 0.470. The first-order valence-electron chi connectivity index (χ1n) is 7.53. The van der Waals surface area contributed by atoms with Crippen LogP contribution in [0.4, 0.5) is 0 Å². The number of amides is 1. The smallest absolute Gasteiger partial charge is 0.287 e. The van der Waals surface area contributed by atoms with Crippen LogP contribution in [-0.2, 0) is 21.2 Å². The van der Waals surface area contributed by atoms with Gasteiger partial charge in [0, 0.05) is 13.4 Å². The van der Waals surface area contributed by atoms with E-state index >= 15 is 0 Å². The standard InChI is InChI=1S/C17H21NO5S/c1-4-15(12-5-8-14(9-6-12)24(3,20)21)18-17(19)16-10-7-13(23-16)11-22-2/h5-10,15H,4,11H2,1-3H3,(H,18,19)/t15-/m1/s1. The van der Waals surface area contributed by atoms with Crippen molar-refractivity contribution in [1.82, 2.24) is 5.32 Å². The van der Waals surface area contributed by atoms with E-state index in [4.69, 9.17) is 9.15 Å². The van der Waals surface area contributed by atoms with Crippen LogP contribution in [0.1, 0.15) is 41.3 Å². The molecular weight excluding hydrogens is 330 g/mol. The predicted octanol–water partition coefficient (Wildman–Crippen LogP) is 2.71. The van der Waals surface area contributed by atoms with Crippen LogP contribution in [0.3, 0.4) is 0 Å². The van der Waals surface area contributed by atoms with E-state index in [1.165, 1.54) is 0 Å². The van der Waals surface area contributed by atoms with Gasteiger partial charge < -0.3 is 14.5 Å². The number of rotatable bonds is 7. The first-order valence-corrected chi connectivity index (χ1v) is 9.42. The van der Waals surface area contributed by atoms with Crippen LogP contribution in [0.25, 0.3) is 0 Å². The van der Waals surface area contributed by atoms with Crippen molar-refractivity contribution in [3.8, 4) is 0 Å². The average Bonchev–Trinajstić information content (AvgIpc) is 3.01. The highest BCUT2D eigenvalue weighted by molar-refractivity contribution is 7.90. The summed E-state index contributed by atoms with van der Waals surface area (Å²) in [6.07, 6.45) is 1.82. The van der Waals surface area contributed by atoms with Crippen LogP contribution in [0.2, 0.25) is 0 Å². The molecule has 6 nitrogen and oxygen atoms in total. The highest BCUT2D eigenvalue weighted by Crippen LogP contribution is 2.20. The van der Waals surface area contributed by atoms with Gasteiger partial charge in [0.1, 0.15) is 12.4 Å². The number of hydrogen-bond acceptors (Lipinski definition) is 5. The van der Waals surface area contributed by atoms with Gasteiger partial charge in [-0.25, -0.2) is 8.42 Å². The van der Waals surface area contributed by atoms with E-state index in [1.54, 1.807) is 43.5 Å². The Morgan fingerprint density at radius 1 is 1.21 bits per heavy atom. The molecule has 2 aromatic rings. The molecule has 0 spiro atoms. The van der Waals surface area contributed by atoms with Crippen LogP contribution in [0.5, 0.6) is 0 Å². The highest BCUT2D eigenvalue weighted by Gasteiger charge is 2.17. The monoisotopic (exact) mass is 351 g/mol. The van der Waals surface area contributed by atoms with E-state index in [0.29, 0.717) is 18.8 Å². The van der Waals surface area contributed by atoms with Gasteiger partial charge in [0.05, 0.1) is 10.9 Å². The number of furan rings is 1. The van der Waals surface area contributed by atoms with Crippen molar-refractivity contribution in [2.45, 2.75) is 30.9 Å². The molecule has 0 unspecified atom stereocenters. The van der Waals surface area contributed by atoms with Gasteiger partial charge in [0.25, 0.3) is 5.91 Å². The van der Waals surface area contributed by atoms with E-state index in [2.05, 4.69) is 5.32 Å². The van der Waals surface area contributed by atoms with E-state index < -0.39 is 9.84 Å². The molecule has 1 aromatic heterocycles. The molecular formula is C17H21NO5S. The molecule has 7 heteroatoms. The average molecular weight is 351 g/mol. The Labute approximate surface area is 141 Å². The lowest BCUT2D eigenvalue weighted by Crippen LogP contribution is -2.27. The van der Waals surface area contributed by atoms with Gasteiger partial charge in [0.15, 0.2) is 15.6 Å². The predicted molar refractivity (Wildman–Crippen MR) is 89.5 cm³/mol.